The quantitative estimate of drug-likeness (QED) is 0.657. The summed E-state index contributed by atoms with van der Waals surface area (Å²) in [5.41, 5.74) is 0.523. The zero-order valence-corrected chi connectivity index (χ0v) is 16.7. The number of halogens is 3. The molecule has 3 heterocycles. The van der Waals surface area contributed by atoms with E-state index in [2.05, 4.69) is 14.9 Å². The van der Waals surface area contributed by atoms with Crippen LogP contribution in [-0.2, 0) is 10.0 Å². The van der Waals surface area contributed by atoms with Crippen LogP contribution in [0.4, 0.5) is 8.78 Å². The van der Waals surface area contributed by atoms with Crippen molar-refractivity contribution in [3.05, 3.63) is 34.4 Å². The van der Waals surface area contributed by atoms with Crippen molar-refractivity contribution in [1.82, 2.24) is 19.3 Å². The third-order valence-electron chi connectivity index (χ3n) is 4.87. The van der Waals surface area contributed by atoms with Crippen LogP contribution in [0.2, 0.25) is 5.02 Å². The lowest BCUT2D eigenvalue weighted by molar-refractivity contribution is 0.150. The lowest BCUT2D eigenvalue weighted by atomic mass is 10.3. The molecule has 27 heavy (non-hydrogen) atoms. The minimum atomic E-state index is -3.80. The summed E-state index contributed by atoms with van der Waals surface area (Å²) in [7, 11) is -3.80. The summed E-state index contributed by atoms with van der Waals surface area (Å²) >= 11 is 7.03. The number of alkyl halides is 2. The second-order valence-corrected chi connectivity index (χ2v) is 9.97. The van der Waals surface area contributed by atoms with E-state index in [1.807, 2.05) is 13.8 Å². The molecule has 0 amide bonds. The van der Waals surface area contributed by atoms with Crippen molar-refractivity contribution in [2.24, 2.45) is 5.92 Å². The average molecular weight is 433 g/mol. The zero-order valence-electron chi connectivity index (χ0n) is 14.3. The third-order valence-corrected chi connectivity index (χ3v) is 7.70. The molecule has 144 valence electrons. The smallest absolute Gasteiger partial charge is 0.291 e. The maximum Gasteiger partial charge on any atom is 0.291 e. The molecular formula is C16H15ClF2N4O2S2. The first-order valence-corrected chi connectivity index (χ1v) is 10.7. The Morgan fingerprint density at radius 1 is 1.41 bits per heavy atom. The molecule has 11 heteroatoms. The molecule has 6 nitrogen and oxygen atoms in total. The van der Waals surface area contributed by atoms with Gasteiger partial charge in [-0.1, -0.05) is 29.9 Å². The van der Waals surface area contributed by atoms with Gasteiger partial charge in [0.15, 0.2) is 10.0 Å². The van der Waals surface area contributed by atoms with Crippen molar-refractivity contribution in [3.63, 3.8) is 0 Å². The summed E-state index contributed by atoms with van der Waals surface area (Å²) in [6.45, 7) is 3.82. The molecule has 1 saturated carbocycles. The van der Waals surface area contributed by atoms with Gasteiger partial charge < -0.3 is 4.40 Å². The van der Waals surface area contributed by atoms with Crippen molar-refractivity contribution in [1.29, 1.82) is 0 Å². The zero-order chi connectivity index (χ0) is 19.6. The molecular weight excluding hydrogens is 418 g/mol. The number of hydrogen-bond donors (Lipinski definition) is 1. The van der Waals surface area contributed by atoms with Crippen molar-refractivity contribution in [2.75, 3.05) is 0 Å². The van der Waals surface area contributed by atoms with Crippen LogP contribution in [0.5, 0.6) is 0 Å². The largest absolute Gasteiger partial charge is 0.311 e. The van der Waals surface area contributed by atoms with Gasteiger partial charge in [0.2, 0.25) is 10.0 Å². The number of sulfonamides is 1. The van der Waals surface area contributed by atoms with E-state index < -0.39 is 27.0 Å². The second-order valence-electron chi connectivity index (χ2n) is 6.87. The van der Waals surface area contributed by atoms with Crippen molar-refractivity contribution in [2.45, 2.75) is 37.1 Å². The molecule has 0 spiro atoms. The molecule has 2 unspecified atom stereocenters. The van der Waals surface area contributed by atoms with Gasteiger partial charge in [-0.15, -0.1) is 10.2 Å². The summed E-state index contributed by atoms with van der Waals surface area (Å²) in [5.74, 6) is 0.253. The third kappa shape index (κ3) is 3.24. The van der Waals surface area contributed by atoms with Gasteiger partial charge in [-0.05, 0) is 37.5 Å². The van der Waals surface area contributed by atoms with E-state index in [9.17, 15) is 17.2 Å². The highest BCUT2D eigenvalue weighted by Crippen LogP contribution is 2.43. The summed E-state index contributed by atoms with van der Waals surface area (Å²) in [6.07, 6.45) is -0.538. The van der Waals surface area contributed by atoms with Crippen LogP contribution in [0.1, 0.15) is 31.7 Å². The van der Waals surface area contributed by atoms with E-state index in [-0.39, 0.29) is 20.8 Å². The molecule has 1 fully saturated rings. The Balaban J connectivity index is 1.80. The maximum absolute atomic E-state index is 12.8. The fourth-order valence-electron chi connectivity index (χ4n) is 2.98. The Bertz CT molecular complexity index is 1140. The fraction of sp³-hybridized carbons (Fsp3) is 0.375. The summed E-state index contributed by atoms with van der Waals surface area (Å²) in [4.78, 5) is -0.00336. The number of pyridine rings is 1. The van der Waals surface area contributed by atoms with E-state index in [4.69, 9.17) is 11.6 Å². The molecule has 4 rings (SSSR count). The molecule has 2 atom stereocenters. The Kier molecular flexibility index (Phi) is 4.30. The molecule has 1 N–H and O–H groups in total. The van der Waals surface area contributed by atoms with Gasteiger partial charge in [-0.3, -0.25) is 0 Å². The van der Waals surface area contributed by atoms with Crippen molar-refractivity contribution >= 4 is 38.5 Å². The molecule has 0 aliphatic heterocycles. The molecule has 3 aromatic heterocycles. The maximum atomic E-state index is 12.8. The van der Waals surface area contributed by atoms with E-state index >= 15 is 0 Å². The van der Waals surface area contributed by atoms with Crippen LogP contribution in [0, 0.1) is 5.92 Å². The molecule has 0 saturated heterocycles. The molecule has 1 aliphatic carbocycles. The lowest BCUT2D eigenvalue weighted by Crippen LogP contribution is -2.35. The second kappa shape index (κ2) is 6.20. The fourth-order valence-corrected chi connectivity index (χ4v) is 5.57. The number of fused-ring (bicyclic) bond motifs is 1. The number of nitrogens with one attached hydrogen (secondary N) is 1. The first-order valence-electron chi connectivity index (χ1n) is 8.07. The molecule has 3 aromatic rings. The Morgan fingerprint density at radius 3 is 2.70 bits per heavy atom. The van der Waals surface area contributed by atoms with E-state index in [1.165, 1.54) is 16.7 Å². The highest BCUT2D eigenvalue weighted by molar-refractivity contribution is 7.89. The topological polar surface area (TPSA) is 76.4 Å². The summed E-state index contributed by atoms with van der Waals surface area (Å²) in [6, 6.07) is 4.70. The number of hydrogen-bond acceptors (Lipinski definition) is 5. The van der Waals surface area contributed by atoms with Crippen molar-refractivity contribution in [3.8, 4) is 10.7 Å². The van der Waals surface area contributed by atoms with Crippen LogP contribution in [-0.4, -0.2) is 28.6 Å². The van der Waals surface area contributed by atoms with Crippen LogP contribution >= 0.6 is 22.9 Å². The predicted molar refractivity (Wildman–Crippen MR) is 98.8 cm³/mol. The van der Waals surface area contributed by atoms with Gasteiger partial charge in [-0.25, -0.2) is 21.9 Å². The number of aromatic nitrogens is 3. The van der Waals surface area contributed by atoms with Gasteiger partial charge in [0, 0.05) is 11.7 Å². The van der Waals surface area contributed by atoms with Crippen LogP contribution < -0.4 is 4.72 Å². The Hall–Kier alpha value is -1.62. The van der Waals surface area contributed by atoms with Gasteiger partial charge in [0.1, 0.15) is 4.90 Å². The Labute approximate surface area is 163 Å². The van der Waals surface area contributed by atoms with E-state index in [0.29, 0.717) is 11.2 Å². The standard InChI is InChI=1S/C16H15ClF2N4O2S2/c1-8-6-16(8,2)22-27(24,25)9-5-10(17)11-3-4-12(23(11)7-9)14-20-21-15(26-14)13(18)19/h3-5,7-8,13,22H,6H2,1-2H3. The lowest BCUT2D eigenvalue weighted by Gasteiger charge is -2.14. The SMILES string of the molecule is CC1CC1(C)NS(=O)(=O)c1cc(Cl)c2ccc(-c3nnc(C(F)F)s3)n2c1. The molecule has 1 aliphatic rings. The van der Waals surface area contributed by atoms with E-state index in [0.717, 1.165) is 17.8 Å². The predicted octanol–water partition coefficient (Wildman–Crippen LogP) is 4.13. The van der Waals surface area contributed by atoms with E-state index in [1.54, 1.807) is 12.1 Å². The average Bonchev–Trinajstić information content (AvgIpc) is 3.01. The monoisotopic (exact) mass is 432 g/mol. The summed E-state index contributed by atoms with van der Waals surface area (Å²) < 4.78 is 55.4. The minimum absolute atomic E-state index is 0.00336. The Morgan fingerprint density at radius 2 is 2.11 bits per heavy atom. The van der Waals surface area contributed by atoms with Gasteiger partial charge in [0.05, 0.1) is 16.2 Å². The molecule has 0 radical (unpaired) electrons. The number of nitrogens with zero attached hydrogens (tertiary/aromatic N) is 3. The normalized spacial score (nSPS) is 22.7. The van der Waals surface area contributed by atoms with Gasteiger partial charge in [0.25, 0.3) is 6.43 Å². The van der Waals surface area contributed by atoms with Crippen LogP contribution in [0.25, 0.3) is 16.2 Å². The van der Waals surface area contributed by atoms with Crippen LogP contribution in [0.3, 0.4) is 0 Å². The molecule has 0 bridgehead atoms. The summed E-state index contributed by atoms with van der Waals surface area (Å²) in [5, 5.41) is 7.36. The minimum Gasteiger partial charge on any atom is -0.311 e. The molecule has 0 aromatic carbocycles. The van der Waals surface area contributed by atoms with Crippen molar-refractivity contribution < 1.29 is 17.2 Å². The first kappa shape index (κ1) is 18.7. The first-order chi connectivity index (χ1) is 12.6. The van der Waals surface area contributed by atoms with Gasteiger partial charge >= 0.3 is 0 Å². The van der Waals surface area contributed by atoms with Gasteiger partial charge in [-0.2, -0.15) is 0 Å². The highest BCUT2D eigenvalue weighted by Gasteiger charge is 2.49. The number of rotatable bonds is 5. The van der Waals surface area contributed by atoms with Crippen LogP contribution in [0.15, 0.2) is 29.3 Å². The highest BCUT2D eigenvalue weighted by atomic mass is 35.5.